The molecule has 0 radical (unpaired) electrons. The Bertz CT molecular complexity index is 530. The van der Waals surface area contributed by atoms with Gasteiger partial charge in [-0.15, -0.1) is 0 Å². The minimum atomic E-state index is -0.443. The number of carbonyl (C=O) groups excluding carboxylic acids is 2. The van der Waals surface area contributed by atoms with Crippen molar-refractivity contribution in [1.29, 1.82) is 0 Å². The fourth-order valence-corrected chi connectivity index (χ4v) is 2.43. The molecule has 1 aromatic carbocycles. The van der Waals surface area contributed by atoms with Crippen LogP contribution < -0.4 is 16.0 Å². The lowest BCUT2D eigenvalue weighted by Crippen LogP contribution is -2.35. The zero-order chi connectivity index (χ0) is 14.7. The summed E-state index contributed by atoms with van der Waals surface area (Å²) in [5, 5.41) is 2.90. The maximum absolute atomic E-state index is 11.6. The standard InChI is InChI=1S/C14H19N3O3/c1-9(18)16-10-5-6-17(8-10)11-3-4-13(15)12(7-11)14(19)20-2/h3-4,7,10H,5-6,8,15H2,1-2H3,(H,16,18). The van der Waals surface area contributed by atoms with Crippen LogP contribution in [0, 0.1) is 0 Å². The van der Waals surface area contributed by atoms with Gasteiger partial charge >= 0.3 is 5.97 Å². The van der Waals surface area contributed by atoms with Crippen LogP contribution in [0.3, 0.4) is 0 Å². The average Bonchev–Trinajstić information content (AvgIpc) is 2.86. The molecule has 0 aliphatic carbocycles. The summed E-state index contributed by atoms with van der Waals surface area (Å²) in [4.78, 5) is 24.8. The molecule has 20 heavy (non-hydrogen) atoms. The molecule has 1 aliphatic rings. The molecule has 0 bridgehead atoms. The molecule has 3 N–H and O–H groups in total. The third kappa shape index (κ3) is 3.01. The molecule has 1 heterocycles. The highest BCUT2D eigenvalue weighted by atomic mass is 16.5. The first-order valence-electron chi connectivity index (χ1n) is 6.51. The van der Waals surface area contributed by atoms with E-state index in [1.54, 1.807) is 12.1 Å². The number of nitrogens with one attached hydrogen (secondary N) is 1. The number of methoxy groups -OCH3 is 1. The number of nitrogens with two attached hydrogens (primary N) is 1. The van der Waals surface area contributed by atoms with Gasteiger partial charge in [0.1, 0.15) is 0 Å². The molecule has 0 spiro atoms. The second-order valence-electron chi connectivity index (χ2n) is 4.90. The summed E-state index contributed by atoms with van der Waals surface area (Å²) in [6.45, 7) is 3.07. The van der Waals surface area contributed by atoms with Crippen LogP contribution in [0.2, 0.25) is 0 Å². The van der Waals surface area contributed by atoms with Crippen LogP contribution in [0.25, 0.3) is 0 Å². The first-order chi connectivity index (χ1) is 9.51. The lowest BCUT2D eigenvalue weighted by Gasteiger charge is -2.20. The Kier molecular flexibility index (Phi) is 4.12. The number of rotatable bonds is 3. The van der Waals surface area contributed by atoms with Crippen molar-refractivity contribution >= 4 is 23.3 Å². The van der Waals surface area contributed by atoms with E-state index >= 15 is 0 Å². The predicted octanol–water partition coefficient (Wildman–Crippen LogP) is 0.770. The van der Waals surface area contributed by atoms with E-state index in [2.05, 4.69) is 10.2 Å². The largest absolute Gasteiger partial charge is 0.465 e. The van der Waals surface area contributed by atoms with E-state index in [0.717, 1.165) is 25.2 Å². The molecule has 1 saturated heterocycles. The van der Waals surface area contributed by atoms with Gasteiger partial charge in [0.2, 0.25) is 5.91 Å². The number of hydrogen-bond donors (Lipinski definition) is 2. The lowest BCUT2D eigenvalue weighted by molar-refractivity contribution is -0.119. The Balaban J connectivity index is 2.14. The van der Waals surface area contributed by atoms with Gasteiger partial charge in [-0.05, 0) is 24.6 Å². The summed E-state index contributed by atoms with van der Waals surface area (Å²) in [5.74, 6) is -0.466. The first-order valence-corrected chi connectivity index (χ1v) is 6.51. The number of nitrogens with zero attached hydrogens (tertiary/aromatic N) is 1. The SMILES string of the molecule is COC(=O)c1cc(N2CCC(NC(C)=O)C2)ccc1N. The second kappa shape index (κ2) is 5.81. The van der Waals surface area contributed by atoms with Gasteiger partial charge in [0, 0.05) is 37.4 Å². The molecule has 6 heteroatoms. The molecule has 1 amide bonds. The minimum absolute atomic E-state index is 0.0237. The summed E-state index contributed by atoms with van der Waals surface area (Å²) in [6, 6.07) is 5.45. The number of anilines is 2. The molecule has 6 nitrogen and oxygen atoms in total. The van der Waals surface area contributed by atoms with E-state index in [1.165, 1.54) is 14.0 Å². The number of carbonyl (C=O) groups is 2. The molecule has 1 atom stereocenters. The van der Waals surface area contributed by atoms with E-state index in [4.69, 9.17) is 10.5 Å². The van der Waals surface area contributed by atoms with Gasteiger partial charge in [-0.25, -0.2) is 4.79 Å². The van der Waals surface area contributed by atoms with Crippen molar-refractivity contribution in [1.82, 2.24) is 5.32 Å². The summed E-state index contributed by atoms with van der Waals surface area (Å²) >= 11 is 0. The molecular formula is C14H19N3O3. The lowest BCUT2D eigenvalue weighted by atomic mass is 10.1. The van der Waals surface area contributed by atoms with Crippen molar-refractivity contribution in [2.45, 2.75) is 19.4 Å². The van der Waals surface area contributed by atoms with Crippen LogP contribution in [-0.4, -0.2) is 38.1 Å². The van der Waals surface area contributed by atoms with Gasteiger partial charge in [0.25, 0.3) is 0 Å². The summed E-state index contributed by atoms with van der Waals surface area (Å²) in [6.07, 6.45) is 0.886. The van der Waals surface area contributed by atoms with Gasteiger partial charge in [0.05, 0.1) is 12.7 Å². The Hall–Kier alpha value is -2.24. The number of benzene rings is 1. The molecule has 2 rings (SSSR count). The third-order valence-corrected chi connectivity index (χ3v) is 3.40. The molecule has 1 aromatic rings. The monoisotopic (exact) mass is 277 g/mol. The average molecular weight is 277 g/mol. The Morgan fingerprint density at radius 1 is 1.45 bits per heavy atom. The Labute approximate surface area is 117 Å². The molecule has 0 saturated carbocycles. The third-order valence-electron chi connectivity index (χ3n) is 3.40. The van der Waals surface area contributed by atoms with Gasteiger partial charge < -0.3 is 20.7 Å². The van der Waals surface area contributed by atoms with E-state index in [-0.39, 0.29) is 11.9 Å². The minimum Gasteiger partial charge on any atom is -0.465 e. The van der Waals surface area contributed by atoms with Crippen LogP contribution in [-0.2, 0) is 9.53 Å². The fourth-order valence-electron chi connectivity index (χ4n) is 2.43. The predicted molar refractivity (Wildman–Crippen MR) is 76.6 cm³/mol. The maximum atomic E-state index is 11.6. The highest BCUT2D eigenvalue weighted by Gasteiger charge is 2.24. The van der Waals surface area contributed by atoms with E-state index in [1.807, 2.05) is 6.07 Å². The van der Waals surface area contributed by atoms with Gasteiger partial charge in [0.15, 0.2) is 0 Å². The van der Waals surface area contributed by atoms with Gasteiger partial charge in [-0.1, -0.05) is 0 Å². The topological polar surface area (TPSA) is 84.7 Å². The number of esters is 1. The zero-order valence-corrected chi connectivity index (χ0v) is 11.7. The van der Waals surface area contributed by atoms with Crippen LogP contribution in [0.1, 0.15) is 23.7 Å². The van der Waals surface area contributed by atoms with Crippen molar-refractivity contribution in [3.63, 3.8) is 0 Å². The van der Waals surface area contributed by atoms with Crippen LogP contribution in [0.4, 0.5) is 11.4 Å². The highest BCUT2D eigenvalue weighted by Crippen LogP contribution is 2.25. The molecular weight excluding hydrogens is 258 g/mol. The normalized spacial score (nSPS) is 17.9. The molecule has 108 valence electrons. The number of nitrogen functional groups attached to an aromatic ring is 1. The van der Waals surface area contributed by atoms with Crippen molar-refractivity contribution in [2.24, 2.45) is 0 Å². The molecule has 1 unspecified atom stereocenters. The van der Waals surface area contributed by atoms with E-state index in [0.29, 0.717) is 11.3 Å². The number of amides is 1. The van der Waals surface area contributed by atoms with Crippen LogP contribution in [0.15, 0.2) is 18.2 Å². The summed E-state index contributed by atoms with van der Waals surface area (Å²) in [7, 11) is 1.33. The van der Waals surface area contributed by atoms with Crippen LogP contribution >= 0.6 is 0 Å². The van der Waals surface area contributed by atoms with Crippen molar-refractivity contribution in [3.8, 4) is 0 Å². The van der Waals surface area contributed by atoms with Crippen molar-refractivity contribution in [3.05, 3.63) is 23.8 Å². The second-order valence-corrected chi connectivity index (χ2v) is 4.90. The summed E-state index contributed by atoms with van der Waals surface area (Å²) in [5.41, 5.74) is 7.46. The Morgan fingerprint density at radius 2 is 2.20 bits per heavy atom. The van der Waals surface area contributed by atoms with Crippen molar-refractivity contribution in [2.75, 3.05) is 30.8 Å². The molecule has 0 aromatic heterocycles. The van der Waals surface area contributed by atoms with Gasteiger partial charge in [-0.2, -0.15) is 0 Å². The van der Waals surface area contributed by atoms with E-state index in [9.17, 15) is 9.59 Å². The first kappa shape index (κ1) is 14.2. The van der Waals surface area contributed by atoms with E-state index < -0.39 is 5.97 Å². The molecule has 1 aliphatic heterocycles. The summed E-state index contributed by atoms with van der Waals surface area (Å²) < 4.78 is 4.71. The smallest absolute Gasteiger partial charge is 0.340 e. The number of ether oxygens (including phenoxy) is 1. The number of hydrogen-bond acceptors (Lipinski definition) is 5. The van der Waals surface area contributed by atoms with Gasteiger partial charge in [-0.3, -0.25) is 4.79 Å². The Morgan fingerprint density at radius 3 is 2.85 bits per heavy atom. The zero-order valence-electron chi connectivity index (χ0n) is 11.7. The highest BCUT2D eigenvalue weighted by molar-refractivity contribution is 5.96. The van der Waals surface area contributed by atoms with Crippen molar-refractivity contribution < 1.29 is 14.3 Å². The fraction of sp³-hybridized carbons (Fsp3) is 0.429. The quantitative estimate of drug-likeness (QED) is 0.629. The maximum Gasteiger partial charge on any atom is 0.340 e. The van der Waals surface area contributed by atoms with Crippen LogP contribution in [0.5, 0.6) is 0 Å². The molecule has 1 fully saturated rings.